The number of carboxylic acid groups (broad SMARTS) is 1. The first-order valence-electron chi connectivity index (χ1n) is 8.84. The second kappa shape index (κ2) is 9.45. The number of carbonyl (C=O) groups excluding carboxylic acids is 2. The van der Waals surface area contributed by atoms with Crippen LogP contribution in [0.2, 0.25) is 5.02 Å². The average Bonchev–Trinajstić information content (AvgIpc) is 3.12. The molecule has 1 aliphatic heterocycles. The van der Waals surface area contributed by atoms with E-state index in [-0.39, 0.29) is 30.1 Å². The van der Waals surface area contributed by atoms with E-state index in [1.165, 1.54) is 11.0 Å². The number of urea groups is 1. The molecule has 1 heterocycles. The molecule has 1 unspecified atom stereocenters. The maximum Gasteiger partial charge on any atom is 0.321 e. The molecule has 0 spiro atoms. The van der Waals surface area contributed by atoms with E-state index in [9.17, 15) is 14.4 Å². The average molecular weight is 398 g/mol. The lowest BCUT2D eigenvalue weighted by molar-refractivity contribution is -0.141. The van der Waals surface area contributed by atoms with Gasteiger partial charge in [-0.1, -0.05) is 11.6 Å². The predicted octanol–water partition coefficient (Wildman–Crippen LogP) is 2.53. The largest absolute Gasteiger partial charge is 0.482 e. The van der Waals surface area contributed by atoms with Crippen molar-refractivity contribution in [3.63, 3.8) is 0 Å². The Hall–Kier alpha value is -2.48. The van der Waals surface area contributed by atoms with Gasteiger partial charge in [0.2, 0.25) is 0 Å². The maximum absolute atomic E-state index is 12.2. The molecule has 1 fully saturated rings. The highest BCUT2D eigenvalue weighted by Gasteiger charge is 2.30. The number of hydrogen-bond acceptors (Lipinski definition) is 4. The topological polar surface area (TPSA) is 99.2 Å². The van der Waals surface area contributed by atoms with E-state index in [1.54, 1.807) is 17.0 Å². The molecule has 0 saturated carbocycles. The van der Waals surface area contributed by atoms with Gasteiger partial charge in [-0.2, -0.15) is 0 Å². The van der Waals surface area contributed by atoms with Crippen LogP contribution in [0.4, 0.5) is 10.5 Å². The SMILES string of the molecule is CCN(CC)C(=O)COc1ccc(NC(=O)N2CCC(C(=O)O)C2)cc1Cl. The Bertz CT molecular complexity index is 708. The Morgan fingerprint density at radius 1 is 1.33 bits per heavy atom. The van der Waals surface area contributed by atoms with Crippen LogP contribution in [0, 0.1) is 5.92 Å². The minimum Gasteiger partial charge on any atom is -0.482 e. The lowest BCUT2D eigenvalue weighted by Crippen LogP contribution is -2.34. The highest BCUT2D eigenvalue weighted by molar-refractivity contribution is 6.32. The van der Waals surface area contributed by atoms with Gasteiger partial charge in [0.1, 0.15) is 5.75 Å². The first kappa shape index (κ1) is 20.8. The van der Waals surface area contributed by atoms with Gasteiger partial charge < -0.3 is 25.0 Å². The second-order valence-electron chi connectivity index (χ2n) is 6.20. The van der Waals surface area contributed by atoms with Crippen molar-refractivity contribution in [2.24, 2.45) is 5.92 Å². The van der Waals surface area contributed by atoms with Crippen molar-refractivity contribution in [3.8, 4) is 5.75 Å². The molecule has 1 aromatic carbocycles. The van der Waals surface area contributed by atoms with Crippen molar-refractivity contribution < 1.29 is 24.2 Å². The first-order valence-corrected chi connectivity index (χ1v) is 9.22. The number of benzene rings is 1. The number of hydrogen-bond donors (Lipinski definition) is 2. The summed E-state index contributed by atoms with van der Waals surface area (Å²) in [4.78, 5) is 38.3. The molecule has 0 aliphatic carbocycles. The minimum atomic E-state index is -0.894. The third-order valence-electron chi connectivity index (χ3n) is 4.48. The zero-order valence-electron chi connectivity index (χ0n) is 15.4. The summed E-state index contributed by atoms with van der Waals surface area (Å²) in [6, 6.07) is 4.35. The normalized spacial score (nSPS) is 16.1. The van der Waals surface area contributed by atoms with Gasteiger partial charge in [0, 0.05) is 31.9 Å². The molecule has 0 radical (unpaired) electrons. The molecule has 1 aromatic rings. The standard InChI is InChI=1S/C18H24ClN3O5/c1-3-21(4-2)16(23)11-27-15-6-5-13(9-14(15)19)20-18(26)22-8-7-12(10-22)17(24)25/h5-6,9,12H,3-4,7-8,10-11H2,1-2H3,(H,20,26)(H,24,25). The summed E-state index contributed by atoms with van der Waals surface area (Å²) in [5.41, 5.74) is 0.464. The number of halogens is 1. The van der Waals surface area contributed by atoms with Crippen LogP contribution in [-0.4, -0.2) is 65.6 Å². The lowest BCUT2D eigenvalue weighted by Gasteiger charge is -2.19. The van der Waals surface area contributed by atoms with Crippen molar-refractivity contribution in [1.29, 1.82) is 0 Å². The molecular formula is C18H24ClN3O5. The monoisotopic (exact) mass is 397 g/mol. The van der Waals surface area contributed by atoms with Crippen molar-refractivity contribution in [3.05, 3.63) is 23.2 Å². The van der Waals surface area contributed by atoms with E-state index < -0.39 is 11.9 Å². The minimum absolute atomic E-state index is 0.114. The number of nitrogens with one attached hydrogen (secondary N) is 1. The summed E-state index contributed by atoms with van der Waals surface area (Å²) in [6.07, 6.45) is 0.441. The number of anilines is 1. The third-order valence-corrected chi connectivity index (χ3v) is 4.77. The number of nitrogens with zero attached hydrogens (tertiary/aromatic N) is 2. The van der Waals surface area contributed by atoms with Crippen LogP contribution in [0.5, 0.6) is 5.75 Å². The van der Waals surface area contributed by atoms with Crippen LogP contribution in [0.25, 0.3) is 0 Å². The lowest BCUT2D eigenvalue weighted by atomic mass is 10.1. The van der Waals surface area contributed by atoms with E-state index in [1.807, 2.05) is 13.8 Å². The summed E-state index contributed by atoms with van der Waals surface area (Å²) in [7, 11) is 0. The molecule has 0 bridgehead atoms. The highest BCUT2D eigenvalue weighted by Crippen LogP contribution is 2.28. The molecular weight excluding hydrogens is 374 g/mol. The van der Waals surface area contributed by atoms with E-state index >= 15 is 0 Å². The Morgan fingerprint density at radius 2 is 2.04 bits per heavy atom. The van der Waals surface area contributed by atoms with E-state index in [2.05, 4.69) is 5.32 Å². The number of ether oxygens (including phenoxy) is 1. The van der Waals surface area contributed by atoms with Gasteiger partial charge in [0.15, 0.2) is 6.61 Å². The van der Waals surface area contributed by atoms with Crippen LogP contribution in [0.15, 0.2) is 18.2 Å². The molecule has 1 saturated heterocycles. The van der Waals surface area contributed by atoms with Gasteiger partial charge in [0.25, 0.3) is 5.91 Å². The molecule has 0 aromatic heterocycles. The molecule has 148 valence electrons. The summed E-state index contributed by atoms with van der Waals surface area (Å²) in [5, 5.41) is 12.0. The fraction of sp³-hybridized carbons (Fsp3) is 0.500. The fourth-order valence-corrected chi connectivity index (χ4v) is 3.09. The summed E-state index contributed by atoms with van der Waals surface area (Å²) in [5.74, 6) is -1.20. The van der Waals surface area contributed by atoms with E-state index in [0.29, 0.717) is 37.5 Å². The molecule has 8 nitrogen and oxygen atoms in total. The number of amides is 3. The molecule has 1 atom stereocenters. The van der Waals surface area contributed by atoms with E-state index in [4.69, 9.17) is 21.4 Å². The van der Waals surface area contributed by atoms with Crippen molar-refractivity contribution >= 4 is 35.2 Å². The van der Waals surface area contributed by atoms with Gasteiger partial charge in [0.05, 0.1) is 10.9 Å². The van der Waals surface area contributed by atoms with Crippen LogP contribution in [-0.2, 0) is 9.59 Å². The highest BCUT2D eigenvalue weighted by atomic mass is 35.5. The third kappa shape index (κ3) is 5.50. The summed E-state index contributed by atoms with van der Waals surface area (Å²) >= 11 is 6.18. The molecule has 27 heavy (non-hydrogen) atoms. The molecule has 2 rings (SSSR count). The number of carboxylic acids is 1. The summed E-state index contributed by atoms with van der Waals surface area (Å²) in [6.45, 7) is 5.47. The fourth-order valence-electron chi connectivity index (χ4n) is 2.85. The van der Waals surface area contributed by atoms with Crippen molar-refractivity contribution in [2.45, 2.75) is 20.3 Å². The number of likely N-dealkylation sites (tertiary alicyclic amines) is 1. The first-order chi connectivity index (χ1) is 12.8. The smallest absolute Gasteiger partial charge is 0.321 e. The number of aliphatic carboxylic acids is 1. The van der Waals surface area contributed by atoms with Gasteiger partial charge in [-0.15, -0.1) is 0 Å². The van der Waals surface area contributed by atoms with Crippen molar-refractivity contribution in [1.82, 2.24) is 9.80 Å². The molecule has 9 heteroatoms. The Balaban J connectivity index is 1.91. The molecule has 3 amide bonds. The zero-order chi connectivity index (χ0) is 20.0. The van der Waals surface area contributed by atoms with Gasteiger partial charge in [-0.25, -0.2) is 4.79 Å². The quantitative estimate of drug-likeness (QED) is 0.736. The zero-order valence-corrected chi connectivity index (χ0v) is 16.2. The van der Waals surface area contributed by atoms with Crippen molar-refractivity contribution in [2.75, 3.05) is 38.1 Å². The van der Waals surface area contributed by atoms with Gasteiger partial charge >= 0.3 is 12.0 Å². The van der Waals surface area contributed by atoms with E-state index in [0.717, 1.165) is 0 Å². The number of likely N-dealkylation sites (N-methyl/N-ethyl adjacent to an activating group) is 1. The molecule has 2 N–H and O–H groups in total. The maximum atomic E-state index is 12.2. The summed E-state index contributed by atoms with van der Waals surface area (Å²) < 4.78 is 5.47. The number of carbonyl (C=O) groups is 3. The molecule has 1 aliphatic rings. The van der Waals surface area contributed by atoms with Gasteiger partial charge in [-0.3, -0.25) is 9.59 Å². The Morgan fingerprint density at radius 3 is 2.59 bits per heavy atom. The van der Waals surface area contributed by atoms with Crippen LogP contribution < -0.4 is 10.1 Å². The van der Waals surface area contributed by atoms with Crippen LogP contribution in [0.1, 0.15) is 20.3 Å². The van der Waals surface area contributed by atoms with Crippen LogP contribution >= 0.6 is 11.6 Å². The predicted molar refractivity (Wildman–Crippen MR) is 101 cm³/mol. The Kier molecular flexibility index (Phi) is 7.29. The second-order valence-corrected chi connectivity index (χ2v) is 6.61. The van der Waals surface area contributed by atoms with Gasteiger partial charge in [-0.05, 0) is 38.5 Å². The Labute approximate surface area is 163 Å². The van der Waals surface area contributed by atoms with Crippen LogP contribution in [0.3, 0.4) is 0 Å². The number of rotatable bonds is 7.